The fourth-order valence-electron chi connectivity index (χ4n) is 6.48. The highest BCUT2D eigenvalue weighted by Crippen LogP contribution is 2.47. The molecule has 0 saturated carbocycles. The molecular weight excluding hydrogens is 753 g/mol. The van der Waals surface area contributed by atoms with Crippen LogP contribution in [0.5, 0.6) is 11.5 Å². The molecule has 17 heteroatoms. The lowest BCUT2D eigenvalue weighted by Gasteiger charge is -2.38. The molecule has 0 bridgehead atoms. The number of amides is 1. The minimum absolute atomic E-state index is 0.0215. The van der Waals surface area contributed by atoms with Crippen LogP contribution in [0.25, 0.3) is 0 Å². The van der Waals surface area contributed by atoms with Gasteiger partial charge in [0.2, 0.25) is 5.60 Å². The number of aromatic hydroxyl groups is 1. The number of rotatable bonds is 17. The highest BCUT2D eigenvalue weighted by Gasteiger charge is 2.50. The van der Waals surface area contributed by atoms with Crippen molar-refractivity contribution in [2.75, 3.05) is 6.61 Å². The van der Waals surface area contributed by atoms with Gasteiger partial charge < -0.3 is 30.3 Å². The van der Waals surface area contributed by atoms with E-state index in [4.69, 9.17) is 32.3 Å². The Balaban J connectivity index is 1.59. The van der Waals surface area contributed by atoms with Crippen molar-refractivity contribution in [1.82, 2.24) is 4.31 Å². The Hall–Kier alpha value is -4.87. The van der Waals surface area contributed by atoms with Gasteiger partial charge in [-0.3, -0.25) is 14.1 Å². The van der Waals surface area contributed by atoms with Crippen LogP contribution >= 0.6 is 12.2 Å². The fourth-order valence-corrected chi connectivity index (χ4v) is 7.46. The first-order valence-corrected chi connectivity index (χ1v) is 19.7. The molecule has 0 aromatic heterocycles. The van der Waals surface area contributed by atoms with Gasteiger partial charge in [-0.2, -0.15) is 12.7 Å². The van der Waals surface area contributed by atoms with Gasteiger partial charge in [-0.1, -0.05) is 48.7 Å². The Labute approximate surface area is 326 Å². The molecule has 0 unspecified atom stereocenters. The van der Waals surface area contributed by atoms with E-state index in [0.717, 1.165) is 54.9 Å². The Bertz CT molecular complexity index is 2010. The number of ether oxygens (including phenoxy) is 2. The minimum Gasteiger partial charge on any atom is -0.507 e. The van der Waals surface area contributed by atoms with E-state index in [2.05, 4.69) is 29.7 Å². The van der Waals surface area contributed by atoms with Crippen molar-refractivity contribution in [3.05, 3.63) is 70.6 Å². The molecule has 1 aromatic carbocycles. The first-order chi connectivity index (χ1) is 25.7. The summed E-state index contributed by atoms with van der Waals surface area (Å²) >= 11 is 5.42. The van der Waals surface area contributed by atoms with E-state index >= 15 is 0 Å². The highest BCUT2D eigenvalue weighted by molar-refractivity contribution is 7.84. The summed E-state index contributed by atoms with van der Waals surface area (Å²) in [6.45, 7) is 12.2. The molecule has 4 rings (SSSR count). The second-order valence-electron chi connectivity index (χ2n) is 14.3. The number of allylic oxidation sites excluding steroid dienone is 4. The number of carboxylic acid groups (broad SMARTS) is 1. The number of thiocarbonyl (C=S) groups is 1. The van der Waals surface area contributed by atoms with Crippen molar-refractivity contribution < 1.29 is 51.9 Å². The first kappa shape index (κ1) is 42.9. The minimum atomic E-state index is -5.09. The van der Waals surface area contributed by atoms with Crippen LogP contribution in [0.15, 0.2) is 69.6 Å². The number of aryl methyl sites for hydroxylation is 1. The van der Waals surface area contributed by atoms with E-state index in [9.17, 15) is 37.6 Å². The lowest BCUT2D eigenvalue weighted by Crippen LogP contribution is -2.53. The van der Waals surface area contributed by atoms with Crippen LogP contribution in [0, 0.1) is 11.8 Å². The SMILES string of the molecule is C=C(C)[C@@H]1CCC(C)=C[C@H]1c1c(O)cc(CCCCC)cc1OC(=S)OC/C=C1\[C@H](CC(=O)/C(=N\OC(C)(C)C(=O)O)C2=CCC(N)=N2)C(=O)N1S(=O)(=O)O. The van der Waals surface area contributed by atoms with Gasteiger partial charge >= 0.3 is 21.5 Å². The van der Waals surface area contributed by atoms with E-state index in [1.54, 1.807) is 6.07 Å². The molecule has 2 aliphatic heterocycles. The van der Waals surface area contributed by atoms with Crippen LogP contribution in [-0.4, -0.2) is 74.1 Å². The zero-order chi connectivity index (χ0) is 40.8. The zero-order valence-electron chi connectivity index (χ0n) is 31.5. The number of carbonyl (C=O) groups excluding carboxylic acids is 2. The molecule has 1 aliphatic carbocycles. The summed E-state index contributed by atoms with van der Waals surface area (Å²) in [5.74, 6) is -4.48. The number of Topliss-reactive ketones (excluding diaryl/α,β-unsaturated/α-hetero) is 1. The number of carbonyl (C=O) groups is 3. The summed E-state index contributed by atoms with van der Waals surface area (Å²) in [5.41, 5.74) is 6.63. The number of oxime groups is 1. The topological polar surface area (TPSA) is 228 Å². The molecule has 3 atom stereocenters. The predicted octanol–water partition coefficient (Wildman–Crippen LogP) is 5.81. The van der Waals surface area contributed by atoms with Crippen molar-refractivity contribution in [1.29, 1.82) is 0 Å². The van der Waals surface area contributed by atoms with Crippen molar-refractivity contribution in [2.45, 2.75) is 97.5 Å². The quantitative estimate of drug-likeness (QED) is 0.0278. The molecule has 3 aliphatic rings. The Morgan fingerprint density at radius 3 is 2.56 bits per heavy atom. The summed E-state index contributed by atoms with van der Waals surface area (Å²) in [7, 11) is -5.09. The van der Waals surface area contributed by atoms with Gasteiger partial charge in [0.05, 0.1) is 17.3 Å². The summed E-state index contributed by atoms with van der Waals surface area (Å²) in [6, 6.07) is 3.55. The molecule has 2 heterocycles. The van der Waals surface area contributed by atoms with Crippen LogP contribution in [0.1, 0.15) is 96.6 Å². The number of amidine groups is 1. The number of hydrogen-bond acceptors (Lipinski definition) is 13. The number of β-lactam (4-membered cyclic amide) rings is 1. The predicted molar refractivity (Wildman–Crippen MR) is 209 cm³/mol. The second-order valence-corrected chi connectivity index (χ2v) is 15.9. The highest BCUT2D eigenvalue weighted by atomic mass is 32.2. The molecule has 1 saturated heterocycles. The molecule has 298 valence electrons. The average molecular weight is 801 g/mol. The van der Waals surface area contributed by atoms with Gasteiger partial charge in [-0.05, 0) is 89.1 Å². The summed E-state index contributed by atoms with van der Waals surface area (Å²) in [5, 5.41) is 24.2. The third kappa shape index (κ3) is 10.5. The maximum absolute atomic E-state index is 13.5. The summed E-state index contributed by atoms with van der Waals surface area (Å²) in [4.78, 5) is 47.3. The lowest BCUT2D eigenvalue weighted by atomic mass is 9.73. The Morgan fingerprint density at radius 1 is 1.25 bits per heavy atom. The molecule has 1 fully saturated rings. The van der Waals surface area contributed by atoms with Crippen LogP contribution in [0.2, 0.25) is 0 Å². The Kier molecular flexibility index (Phi) is 13.8. The van der Waals surface area contributed by atoms with Crippen LogP contribution in [0.3, 0.4) is 0 Å². The molecule has 1 amide bonds. The number of phenols is 1. The van der Waals surface area contributed by atoms with E-state index in [1.807, 2.05) is 19.9 Å². The van der Waals surface area contributed by atoms with E-state index in [0.29, 0.717) is 12.0 Å². The number of unbranched alkanes of at least 4 members (excludes halogenated alkanes) is 2. The second kappa shape index (κ2) is 17.7. The standard InChI is InChI=1S/C38H48N4O11S2/c1-7-8-9-10-23-18-29(43)33(25-17-22(4)11-12-24(25)21(2)3)31(19-23)52-37(54)51-16-15-28-26(35(45)42(28)55(48,49)50)20-30(44)34(27-13-14-32(39)40-27)41-53-38(5,6)36(46)47/h13,15,17-19,24-26,43H,2,7-12,14,16,20H2,1,3-6H3,(H2,39,40)(H,46,47)(H,48,49,50)/b28-15+,41-34-/t24-,25+,26-/m0/s1. The number of phenolic OH excluding ortho intramolecular Hbond substituents is 1. The van der Waals surface area contributed by atoms with E-state index < -0.39 is 58.2 Å². The third-order valence-corrected chi connectivity index (χ3v) is 10.6. The van der Waals surface area contributed by atoms with Gasteiger partial charge in [0, 0.05) is 36.5 Å². The van der Waals surface area contributed by atoms with E-state index in [1.165, 1.54) is 19.9 Å². The van der Waals surface area contributed by atoms with Crippen molar-refractivity contribution >= 4 is 57.0 Å². The van der Waals surface area contributed by atoms with E-state index in [-0.39, 0.29) is 56.5 Å². The molecule has 0 radical (unpaired) electrons. The van der Waals surface area contributed by atoms with Crippen LogP contribution in [-0.2, 0) is 40.7 Å². The fraction of sp³-hybridized carbons (Fsp3) is 0.474. The lowest BCUT2D eigenvalue weighted by molar-refractivity contribution is -0.161. The molecule has 55 heavy (non-hydrogen) atoms. The first-order valence-electron chi connectivity index (χ1n) is 17.9. The van der Waals surface area contributed by atoms with Gasteiger partial charge in [-0.15, -0.1) is 0 Å². The maximum atomic E-state index is 13.5. The molecule has 1 aromatic rings. The summed E-state index contributed by atoms with van der Waals surface area (Å²) < 4.78 is 46.0. The number of benzene rings is 1. The average Bonchev–Trinajstić information content (AvgIpc) is 3.51. The molecular formula is C38H48N4O11S2. The number of nitrogens with zero attached hydrogens (tertiary/aromatic N) is 3. The van der Waals surface area contributed by atoms with Crippen molar-refractivity contribution in [3.63, 3.8) is 0 Å². The Morgan fingerprint density at radius 2 is 1.96 bits per heavy atom. The normalized spacial score (nSPS) is 21.0. The molecule has 5 N–H and O–H groups in total. The third-order valence-electron chi connectivity index (χ3n) is 9.52. The van der Waals surface area contributed by atoms with Crippen LogP contribution < -0.4 is 10.5 Å². The smallest absolute Gasteiger partial charge is 0.366 e. The van der Waals surface area contributed by atoms with Gasteiger partial charge in [-0.25, -0.2) is 9.79 Å². The largest absolute Gasteiger partial charge is 0.507 e. The maximum Gasteiger partial charge on any atom is 0.366 e. The molecule has 0 spiro atoms. The zero-order valence-corrected chi connectivity index (χ0v) is 33.2. The number of aliphatic carboxylic acids is 1. The summed E-state index contributed by atoms with van der Waals surface area (Å²) in [6.07, 6.45) is 9.52. The number of ketones is 1. The number of hydrogen-bond donors (Lipinski definition) is 4. The van der Waals surface area contributed by atoms with Gasteiger partial charge in [0.15, 0.2) is 11.5 Å². The molecule has 15 nitrogen and oxygen atoms in total. The number of aliphatic imine (C=N–C) groups is 1. The van der Waals surface area contributed by atoms with Crippen molar-refractivity contribution in [2.24, 2.45) is 27.7 Å². The number of nitrogens with two attached hydrogens (primary N) is 1. The van der Waals surface area contributed by atoms with Crippen LogP contribution in [0.4, 0.5) is 0 Å². The van der Waals surface area contributed by atoms with Crippen molar-refractivity contribution in [3.8, 4) is 11.5 Å². The number of carboxylic acids is 1. The monoisotopic (exact) mass is 800 g/mol. The van der Waals surface area contributed by atoms with Gasteiger partial charge in [0.25, 0.3) is 5.91 Å². The van der Waals surface area contributed by atoms with Gasteiger partial charge in [0.1, 0.15) is 23.9 Å².